The van der Waals surface area contributed by atoms with E-state index in [2.05, 4.69) is 10.6 Å². The van der Waals surface area contributed by atoms with Crippen molar-refractivity contribution < 1.29 is 14.4 Å². The molecule has 0 radical (unpaired) electrons. The van der Waals surface area contributed by atoms with E-state index in [1.165, 1.54) is 0 Å². The molecule has 0 aromatic carbocycles. The normalized spacial score (nSPS) is 23.6. The first kappa shape index (κ1) is 11.9. The maximum atomic E-state index is 11.7. The summed E-state index contributed by atoms with van der Waals surface area (Å²) in [7, 11) is 0. The van der Waals surface area contributed by atoms with Gasteiger partial charge in [-0.15, -0.1) is 0 Å². The van der Waals surface area contributed by atoms with Crippen LogP contribution in [0.3, 0.4) is 0 Å². The van der Waals surface area contributed by atoms with Gasteiger partial charge in [0, 0.05) is 26.1 Å². The molecule has 0 aromatic rings. The molecule has 0 aromatic heterocycles. The average Bonchev–Trinajstić information content (AvgIpc) is 2.95. The zero-order valence-corrected chi connectivity index (χ0v) is 9.70. The smallest absolute Gasteiger partial charge is 0.241 e. The van der Waals surface area contributed by atoms with Crippen LogP contribution in [0.25, 0.3) is 0 Å². The van der Waals surface area contributed by atoms with Gasteiger partial charge in [-0.3, -0.25) is 14.4 Å². The summed E-state index contributed by atoms with van der Waals surface area (Å²) >= 11 is 0. The minimum Gasteiger partial charge on any atom is -0.355 e. The number of nitrogens with one attached hydrogen (secondary N) is 2. The number of likely N-dealkylation sites (tertiary alicyclic amines) is 1. The predicted octanol–water partition coefficient (Wildman–Crippen LogP) is -1.14. The van der Waals surface area contributed by atoms with Crippen LogP contribution in [0.5, 0.6) is 0 Å². The second-order valence-corrected chi connectivity index (χ2v) is 4.51. The van der Waals surface area contributed by atoms with Crippen molar-refractivity contribution in [1.29, 1.82) is 0 Å². The molecule has 2 heterocycles. The lowest BCUT2D eigenvalue weighted by Gasteiger charge is -2.16. The highest BCUT2D eigenvalue weighted by molar-refractivity contribution is 5.91. The third kappa shape index (κ3) is 2.95. The summed E-state index contributed by atoms with van der Waals surface area (Å²) in [4.78, 5) is 36.0. The number of carbonyl (C=O) groups excluding carboxylic acids is 3. The molecule has 0 saturated carbocycles. The molecule has 1 atom stereocenters. The fraction of sp³-hybridized carbons (Fsp3) is 0.727. The molecule has 3 amide bonds. The summed E-state index contributed by atoms with van der Waals surface area (Å²) in [5, 5.41) is 5.20. The molecule has 2 rings (SSSR count). The second kappa shape index (κ2) is 5.16. The molecule has 2 N–H and O–H groups in total. The summed E-state index contributed by atoms with van der Waals surface area (Å²) < 4.78 is 0. The SMILES string of the molecule is O=C1CC(C(=O)NCC(=O)N2CCCC2)CN1. The van der Waals surface area contributed by atoms with Crippen molar-refractivity contribution in [2.24, 2.45) is 5.92 Å². The Bertz CT molecular complexity index is 337. The Morgan fingerprint density at radius 2 is 2.06 bits per heavy atom. The van der Waals surface area contributed by atoms with Gasteiger partial charge in [0.1, 0.15) is 0 Å². The van der Waals surface area contributed by atoms with Gasteiger partial charge in [-0.05, 0) is 12.8 Å². The van der Waals surface area contributed by atoms with Crippen LogP contribution in [0.15, 0.2) is 0 Å². The molecule has 0 aliphatic carbocycles. The minimum absolute atomic E-state index is 0.0341. The van der Waals surface area contributed by atoms with Gasteiger partial charge in [0.05, 0.1) is 12.5 Å². The van der Waals surface area contributed by atoms with Crippen molar-refractivity contribution >= 4 is 17.7 Å². The Labute approximate surface area is 99.7 Å². The average molecular weight is 239 g/mol. The van der Waals surface area contributed by atoms with E-state index in [-0.39, 0.29) is 36.6 Å². The molecule has 2 saturated heterocycles. The number of hydrogen-bond donors (Lipinski definition) is 2. The largest absolute Gasteiger partial charge is 0.355 e. The molecule has 6 heteroatoms. The first-order chi connectivity index (χ1) is 8.16. The van der Waals surface area contributed by atoms with Gasteiger partial charge < -0.3 is 15.5 Å². The van der Waals surface area contributed by atoms with Gasteiger partial charge in [-0.25, -0.2) is 0 Å². The van der Waals surface area contributed by atoms with Crippen molar-refractivity contribution in [1.82, 2.24) is 15.5 Å². The Balaban J connectivity index is 1.72. The maximum Gasteiger partial charge on any atom is 0.241 e. The topological polar surface area (TPSA) is 78.5 Å². The molecule has 0 bridgehead atoms. The second-order valence-electron chi connectivity index (χ2n) is 4.51. The Kier molecular flexibility index (Phi) is 3.61. The zero-order chi connectivity index (χ0) is 12.3. The number of carbonyl (C=O) groups is 3. The maximum absolute atomic E-state index is 11.7. The number of rotatable bonds is 3. The Hall–Kier alpha value is -1.59. The van der Waals surface area contributed by atoms with Crippen LogP contribution in [0.4, 0.5) is 0 Å². The fourth-order valence-electron chi connectivity index (χ4n) is 2.18. The van der Waals surface area contributed by atoms with E-state index in [1.54, 1.807) is 4.90 Å². The zero-order valence-electron chi connectivity index (χ0n) is 9.70. The van der Waals surface area contributed by atoms with Crippen LogP contribution in [0.1, 0.15) is 19.3 Å². The summed E-state index contributed by atoms with van der Waals surface area (Å²) in [6, 6.07) is 0. The molecule has 2 fully saturated rings. The van der Waals surface area contributed by atoms with Crippen molar-refractivity contribution in [3.8, 4) is 0 Å². The Morgan fingerprint density at radius 1 is 1.35 bits per heavy atom. The van der Waals surface area contributed by atoms with Gasteiger partial charge in [-0.1, -0.05) is 0 Å². The molecule has 17 heavy (non-hydrogen) atoms. The van der Waals surface area contributed by atoms with E-state index in [0.29, 0.717) is 6.54 Å². The lowest BCUT2D eigenvalue weighted by Crippen LogP contribution is -2.41. The van der Waals surface area contributed by atoms with E-state index in [0.717, 1.165) is 25.9 Å². The molecule has 94 valence electrons. The van der Waals surface area contributed by atoms with Gasteiger partial charge in [0.2, 0.25) is 17.7 Å². The van der Waals surface area contributed by atoms with Crippen LogP contribution in [-0.4, -0.2) is 48.8 Å². The highest BCUT2D eigenvalue weighted by Crippen LogP contribution is 2.09. The summed E-state index contributed by atoms with van der Waals surface area (Å²) in [6.45, 7) is 2.00. The van der Waals surface area contributed by atoms with Crippen LogP contribution < -0.4 is 10.6 Å². The quantitative estimate of drug-likeness (QED) is 0.653. The standard InChI is InChI=1S/C11H17N3O3/c15-9-5-8(6-12-9)11(17)13-7-10(16)14-3-1-2-4-14/h8H,1-7H2,(H,12,15)(H,13,17). The molecular weight excluding hydrogens is 222 g/mol. The predicted molar refractivity (Wildman–Crippen MR) is 59.9 cm³/mol. The van der Waals surface area contributed by atoms with Crippen molar-refractivity contribution in [3.05, 3.63) is 0 Å². The van der Waals surface area contributed by atoms with E-state index in [9.17, 15) is 14.4 Å². The lowest BCUT2D eigenvalue weighted by atomic mass is 10.1. The molecule has 1 unspecified atom stereocenters. The summed E-state index contributed by atoms with van der Waals surface area (Å²) in [6.07, 6.45) is 2.31. The summed E-state index contributed by atoms with van der Waals surface area (Å²) in [5.41, 5.74) is 0. The highest BCUT2D eigenvalue weighted by Gasteiger charge is 2.28. The van der Waals surface area contributed by atoms with E-state index in [4.69, 9.17) is 0 Å². The third-order valence-corrected chi connectivity index (χ3v) is 3.22. The Morgan fingerprint density at radius 3 is 2.65 bits per heavy atom. The van der Waals surface area contributed by atoms with E-state index in [1.807, 2.05) is 0 Å². The highest BCUT2D eigenvalue weighted by atomic mass is 16.2. The third-order valence-electron chi connectivity index (χ3n) is 3.22. The van der Waals surface area contributed by atoms with E-state index < -0.39 is 0 Å². The van der Waals surface area contributed by atoms with Crippen molar-refractivity contribution in [3.63, 3.8) is 0 Å². The number of nitrogens with zero attached hydrogens (tertiary/aromatic N) is 1. The number of amides is 3. The van der Waals surface area contributed by atoms with Crippen LogP contribution in [0, 0.1) is 5.92 Å². The fourth-order valence-corrected chi connectivity index (χ4v) is 2.18. The van der Waals surface area contributed by atoms with Crippen molar-refractivity contribution in [2.45, 2.75) is 19.3 Å². The lowest BCUT2D eigenvalue weighted by molar-refractivity contribution is -0.133. The van der Waals surface area contributed by atoms with Gasteiger partial charge >= 0.3 is 0 Å². The molecular formula is C11H17N3O3. The number of hydrogen-bond acceptors (Lipinski definition) is 3. The summed E-state index contributed by atoms with van der Waals surface area (Å²) in [5.74, 6) is -0.672. The molecule has 2 aliphatic heterocycles. The van der Waals surface area contributed by atoms with Crippen molar-refractivity contribution in [2.75, 3.05) is 26.2 Å². The minimum atomic E-state index is -0.325. The van der Waals surface area contributed by atoms with Crippen LogP contribution in [0.2, 0.25) is 0 Å². The van der Waals surface area contributed by atoms with Crippen LogP contribution in [-0.2, 0) is 14.4 Å². The van der Waals surface area contributed by atoms with E-state index >= 15 is 0 Å². The van der Waals surface area contributed by atoms with Gasteiger partial charge in [0.15, 0.2) is 0 Å². The first-order valence-electron chi connectivity index (χ1n) is 5.99. The monoisotopic (exact) mass is 239 g/mol. The van der Waals surface area contributed by atoms with Gasteiger partial charge in [0.25, 0.3) is 0 Å². The molecule has 0 spiro atoms. The first-order valence-corrected chi connectivity index (χ1v) is 5.99. The molecule has 2 aliphatic rings. The molecule has 6 nitrogen and oxygen atoms in total. The van der Waals surface area contributed by atoms with Gasteiger partial charge in [-0.2, -0.15) is 0 Å². The van der Waals surface area contributed by atoms with Crippen LogP contribution >= 0.6 is 0 Å².